The first-order valence-electron chi connectivity index (χ1n) is 9.24. The lowest BCUT2D eigenvalue weighted by molar-refractivity contribution is -0.123. The van der Waals surface area contributed by atoms with E-state index < -0.39 is 0 Å². The standard InChI is InChI=1S/C20H28N4O/c1-15(17-8-11-21-12-9-17)14-20(25)23-16(2)18-6-3-4-7-19(18)24-13-5-10-22-24/h3-7,10,13,15-17,21H,8-9,11-12,14H2,1-2H3,(H,23,25). The number of para-hydroxylation sites is 1. The molecule has 5 heteroatoms. The van der Waals surface area contributed by atoms with Crippen LogP contribution in [0.3, 0.4) is 0 Å². The summed E-state index contributed by atoms with van der Waals surface area (Å²) in [6.07, 6.45) is 6.63. The predicted octanol–water partition coefficient (Wildman–Crippen LogP) is 3.08. The third-order valence-electron chi connectivity index (χ3n) is 5.23. The number of carbonyl (C=O) groups is 1. The molecule has 2 aromatic rings. The van der Waals surface area contributed by atoms with Crippen LogP contribution in [0.4, 0.5) is 0 Å². The van der Waals surface area contributed by atoms with Crippen LogP contribution >= 0.6 is 0 Å². The van der Waals surface area contributed by atoms with Gasteiger partial charge in [0.1, 0.15) is 0 Å². The van der Waals surface area contributed by atoms with Crippen molar-refractivity contribution in [2.24, 2.45) is 11.8 Å². The van der Waals surface area contributed by atoms with Crippen molar-refractivity contribution in [1.29, 1.82) is 0 Å². The molecule has 1 aromatic carbocycles. The molecule has 5 nitrogen and oxygen atoms in total. The van der Waals surface area contributed by atoms with Gasteiger partial charge in [-0.15, -0.1) is 0 Å². The van der Waals surface area contributed by atoms with Gasteiger partial charge < -0.3 is 10.6 Å². The van der Waals surface area contributed by atoms with Gasteiger partial charge in [-0.1, -0.05) is 25.1 Å². The van der Waals surface area contributed by atoms with Crippen molar-refractivity contribution in [3.8, 4) is 5.69 Å². The zero-order valence-electron chi connectivity index (χ0n) is 15.1. The summed E-state index contributed by atoms with van der Waals surface area (Å²) in [5.74, 6) is 1.21. The fourth-order valence-corrected chi connectivity index (χ4v) is 3.72. The molecule has 0 bridgehead atoms. The Morgan fingerprint density at radius 1 is 1.28 bits per heavy atom. The number of piperidine rings is 1. The fourth-order valence-electron chi connectivity index (χ4n) is 3.72. The van der Waals surface area contributed by atoms with Gasteiger partial charge >= 0.3 is 0 Å². The maximum Gasteiger partial charge on any atom is 0.220 e. The molecule has 2 atom stereocenters. The maximum absolute atomic E-state index is 12.5. The van der Waals surface area contributed by atoms with Gasteiger partial charge in [-0.2, -0.15) is 5.10 Å². The van der Waals surface area contributed by atoms with Crippen LogP contribution in [0.25, 0.3) is 5.69 Å². The molecular weight excluding hydrogens is 312 g/mol. The first-order valence-corrected chi connectivity index (χ1v) is 9.24. The van der Waals surface area contributed by atoms with Crippen LogP contribution in [0.5, 0.6) is 0 Å². The first-order chi connectivity index (χ1) is 12.1. The Labute approximate surface area is 149 Å². The molecule has 3 rings (SSSR count). The van der Waals surface area contributed by atoms with Crippen LogP contribution in [0.1, 0.15) is 44.7 Å². The second-order valence-electron chi connectivity index (χ2n) is 7.07. The minimum Gasteiger partial charge on any atom is -0.349 e. The van der Waals surface area contributed by atoms with E-state index in [1.54, 1.807) is 6.20 Å². The van der Waals surface area contributed by atoms with Gasteiger partial charge in [0.05, 0.1) is 11.7 Å². The van der Waals surface area contributed by atoms with Gasteiger partial charge in [0.2, 0.25) is 5.91 Å². The molecule has 2 unspecified atom stereocenters. The molecule has 134 valence electrons. The Balaban J connectivity index is 1.62. The van der Waals surface area contributed by atoms with E-state index >= 15 is 0 Å². The van der Waals surface area contributed by atoms with E-state index in [1.807, 2.05) is 42.1 Å². The topological polar surface area (TPSA) is 59.0 Å². The van der Waals surface area contributed by atoms with Crippen molar-refractivity contribution in [1.82, 2.24) is 20.4 Å². The van der Waals surface area contributed by atoms with E-state index in [0.717, 1.165) is 24.3 Å². The van der Waals surface area contributed by atoms with Gasteiger partial charge in [-0.25, -0.2) is 4.68 Å². The SMILES string of the molecule is CC(NC(=O)CC(C)C1CCNCC1)c1ccccc1-n1cccn1. The van der Waals surface area contributed by atoms with Gasteiger partial charge in [0.25, 0.3) is 0 Å². The van der Waals surface area contributed by atoms with E-state index in [0.29, 0.717) is 18.3 Å². The number of rotatable bonds is 6. The minimum atomic E-state index is -0.0480. The largest absolute Gasteiger partial charge is 0.349 e. The average Bonchev–Trinajstić information content (AvgIpc) is 3.17. The highest BCUT2D eigenvalue weighted by molar-refractivity contribution is 5.76. The first kappa shape index (κ1) is 17.7. The summed E-state index contributed by atoms with van der Waals surface area (Å²) in [5.41, 5.74) is 2.08. The Bertz CT molecular complexity index is 677. The van der Waals surface area contributed by atoms with Crippen LogP contribution < -0.4 is 10.6 Å². The van der Waals surface area contributed by atoms with Crippen molar-refractivity contribution in [2.45, 2.75) is 39.2 Å². The van der Waals surface area contributed by atoms with E-state index in [1.165, 1.54) is 12.8 Å². The third kappa shape index (κ3) is 4.48. The smallest absolute Gasteiger partial charge is 0.220 e. The molecule has 0 aliphatic carbocycles. The second-order valence-corrected chi connectivity index (χ2v) is 7.07. The monoisotopic (exact) mass is 340 g/mol. The number of aromatic nitrogens is 2. The molecular formula is C20H28N4O. The number of hydrogen-bond acceptors (Lipinski definition) is 3. The minimum absolute atomic E-state index is 0.0480. The summed E-state index contributed by atoms with van der Waals surface area (Å²) in [6, 6.07) is 9.94. The normalized spacial score (nSPS) is 17.8. The van der Waals surface area contributed by atoms with Crippen LogP contribution in [0.2, 0.25) is 0 Å². The summed E-state index contributed by atoms with van der Waals surface area (Å²) >= 11 is 0. The molecule has 1 saturated heterocycles. The van der Waals surface area contributed by atoms with E-state index in [4.69, 9.17) is 0 Å². The highest BCUT2D eigenvalue weighted by atomic mass is 16.1. The number of nitrogens with one attached hydrogen (secondary N) is 2. The summed E-state index contributed by atoms with van der Waals surface area (Å²) in [7, 11) is 0. The highest BCUT2D eigenvalue weighted by Gasteiger charge is 2.23. The molecule has 1 aromatic heterocycles. The Hall–Kier alpha value is -2.14. The molecule has 0 spiro atoms. The lowest BCUT2D eigenvalue weighted by Gasteiger charge is -2.28. The molecule has 1 aliphatic heterocycles. The van der Waals surface area contributed by atoms with Crippen molar-refractivity contribution in [2.75, 3.05) is 13.1 Å². The quantitative estimate of drug-likeness (QED) is 0.850. The lowest BCUT2D eigenvalue weighted by atomic mass is 9.84. The Morgan fingerprint density at radius 2 is 2.04 bits per heavy atom. The molecule has 0 saturated carbocycles. The van der Waals surface area contributed by atoms with Gasteiger partial charge in [0, 0.05) is 18.8 Å². The molecule has 2 N–H and O–H groups in total. The molecule has 1 amide bonds. The number of hydrogen-bond donors (Lipinski definition) is 2. The molecule has 25 heavy (non-hydrogen) atoms. The highest BCUT2D eigenvalue weighted by Crippen LogP contribution is 2.25. The van der Waals surface area contributed by atoms with E-state index in [9.17, 15) is 4.79 Å². The summed E-state index contributed by atoms with van der Waals surface area (Å²) in [5, 5.41) is 10.9. The predicted molar refractivity (Wildman–Crippen MR) is 99.5 cm³/mol. The van der Waals surface area contributed by atoms with Crippen LogP contribution in [-0.2, 0) is 4.79 Å². The maximum atomic E-state index is 12.5. The van der Waals surface area contributed by atoms with Crippen LogP contribution in [0.15, 0.2) is 42.7 Å². The van der Waals surface area contributed by atoms with Gasteiger partial charge in [-0.05, 0) is 62.4 Å². The molecule has 0 radical (unpaired) electrons. The van der Waals surface area contributed by atoms with Crippen molar-refractivity contribution >= 4 is 5.91 Å². The Morgan fingerprint density at radius 3 is 2.76 bits per heavy atom. The fraction of sp³-hybridized carbons (Fsp3) is 0.500. The van der Waals surface area contributed by atoms with Gasteiger partial charge in [-0.3, -0.25) is 4.79 Å². The average molecular weight is 340 g/mol. The van der Waals surface area contributed by atoms with E-state index in [2.05, 4.69) is 28.7 Å². The van der Waals surface area contributed by atoms with Crippen molar-refractivity contribution in [3.05, 3.63) is 48.3 Å². The number of nitrogens with zero attached hydrogens (tertiary/aromatic N) is 2. The van der Waals surface area contributed by atoms with Crippen molar-refractivity contribution < 1.29 is 4.79 Å². The Kier molecular flexibility index (Phi) is 5.87. The van der Waals surface area contributed by atoms with Crippen LogP contribution in [-0.4, -0.2) is 28.8 Å². The molecule has 1 fully saturated rings. The summed E-state index contributed by atoms with van der Waals surface area (Å²) < 4.78 is 1.84. The van der Waals surface area contributed by atoms with Crippen molar-refractivity contribution in [3.63, 3.8) is 0 Å². The molecule has 2 heterocycles. The third-order valence-corrected chi connectivity index (χ3v) is 5.23. The van der Waals surface area contributed by atoms with Gasteiger partial charge in [0.15, 0.2) is 0 Å². The zero-order chi connectivity index (χ0) is 17.6. The van der Waals surface area contributed by atoms with E-state index in [-0.39, 0.29) is 11.9 Å². The number of carbonyl (C=O) groups excluding carboxylic acids is 1. The van der Waals surface area contributed by atoms with Crippen LogP contribution in [0, 0.1) is 11.8 Å². The number of benzene rings is 1. The molecule has 1 aliphatic rings. The second kappa shape index (κ2) is 8.30. The summed E-state index contributed by atoms with van der Waals surface area (Å²) in [4.78, 5) is 12.5. The zero-order valence-corrected chi connectivity index (χ0v) is 15.1. The summed E-state index contributed by atoms with van der Waals surface area (Å²) in [6.45, 7) is 6.39. The number of amides is 1. The lowest BCUT2D eigenvalue weighted by Crippen LogP contribution is -2.34.